The fraction of sp³-hybridized carbons (Fsp3) is 0.350. The Hall–Kier alpha value is -2.37. The van der Waals surface area contributed by atoms with E-state index < -0.39 is 0 Å². The molecule has 1 saturated heterocycles. The third kappa shape index (κ3) is 3.25. The third-order valence-electron chi connectivity index (χ3n) is 5.03. The lowest BCUT2D eigenvalue weighted by Gasteiger charge is -2.42. The summed E-state index contributed by atoms with van der Waals surface area (Å²) in [4.78, 5) is 4.94. The number of ether oxygens (including phenoxy) is 1. The molecule has 0 bridgehead atoms. The van der Waals surface area contributed by atoms with E-state index in [1.54, 1.807) is 0 Å². The lowest BCUT2D eigenvalue weighted by atomic mass is 9.86. The minimum atomic E-state index is -0.163. The molecule has 130 valence electrons. The summed E-state index contributed by atoms with van der Waals surface area (Å²) in [6, 6.07) is 16.6. The number of nitrogens with two attached hydrogens (primary N) is 1. The van der Waals surface area contributed by atoms with Crippen molar-refractivity contribution in [3.8, 4) is 0 Å². The van der Waals surface area contributed by atoms with E-state index in [1.807, 2.05) is 18.2 Å². The van der Waals surface area contributed by atoms with E-state index in [0.29, 0.717) is 6.54 Å². The van der Waals surface area contributed by atoms with Crippen molar-refractivity contribution in [1.29, 1.82) is 0 Å². The summed E-state index contributed by atoms with van der Waals surface area (Å²) in [7, 11) is 0. The van der Waals surface area contributed by atoms with Crippen LogP contribution in [-0.4, -0.2) is 24.6 Å². The summed E-state index contributed by atoms with van der Waals surface area (Å²) in [6.07, 6.45) is 1.83. The summed E-state index contributed by atoms with van der Waals surface area (Å²) in [5.41, 5.74) is 9.97. The standard InChI is InChI=1S/C20H24N4O/c21-13-15-5-7-16(8-6-15)14-22-19-20(9-11-25-12-10-20)24-18-4-2-1-3-17(18)23-19/h1-8,24H,9-14,21H2,(H,22,23). The maximum absolute atomic E-state index is 5.67. The Bertz CT molecular complexity index is 764. The van der Waals surface area contributed by atoms with Crippen molar-refractivity contribution >= 4 is 17.2 Å². The molecule has 2 aliphatic rings. The number of hydrogen-bond donors (Lipinski definition) is 3. The van der Waals surface area contributed by atoms with Gasteiger partial charge in [-0.3, -0.25) is 0 Å². The normalized spacial score (nSPS) is 18.2. The first-order chi connectivity index (χ1) is 12.3. The first-order valence-electron chi connectivity index (χ1n) is 8.85. The summed E-state index contributed by atoms with van der Waals surface area (Å²) < 4.78 is 5.59. The Kier molecular flexibility index (Phi) is 4.42. The Balaban J connectivity index is 1.58. The fourth-order valence-corrected chi connectivity index (χ4v) is 3.49. The van der Waals surface area contributed by atoms with Crippen molar-refractivity contribution in [2.45, 2.75) is 31.5 Å². The molecule has 0 unspecified atom stereocenters. The number of rotatable bonds is 3. The molecule has 0 radical (unpaired) electrons. The molecule has 0 aliphatic carbocycles. The molecular weight excluding hydrogens is 312 g/mol. The number of fused-ring (bicyclic) bond motifs is 1. The fourth-order valence-electron chi connectivity index (χ4n) is 3.49. The highest BCUT2D eigenvalue weighted by molar-refractivity contribution is 6.00. The second-order valence-electron chi connectivity index (χ2n) is 6.67. The predicted octanol–water partition coefficient (Wildman–Crippen LogP) is 2.94. The first-order valence-corrected chi connectivity index (χ1v) is 8.85. The van der Waals surface area contributed by atoms with Gasteiger partial charge in [0.1, 0.15) is 5.84 Å². The Morgan fingerprint density at radius 1 is 1.04 bits per heavy atom. The van der Waals surface area contributed by atoms with Gasteiger partial charge in [-0.05, 0) is 23.3 Å². The molecule has 4 N–H and O–H groups in total. The molecule has 25 heavy (non-hydrogen) atoms. The molecule has 2 aromatic rings. The van der Waals surface area contributed by atoms with Crippen LogP contribution in [0.2, 0.25) is 0 Å². The van der Waals surface area contributed by atoms with Crippen LogP contribution >= 0.6 is 0 Å². The molecule has 5 nitrogen and oxygen atoms in total. The molecule has 5 heteroatoms. The Labute approximate surface area is 148 Å². The molecule has 0 aromatic heterocycles. The zero-order valence-corrected chi connectivity index (χ0v) is 14.3. The van der Waals surface area contributed by atoms with Crippen LogP contribution in [0.3, 0.4) is 0 Å². The van der Waals surface area contributed by atoms with Gasteiger partial charge in [-0.25, -0.2) is 4.99 Å². The first kappa shape index (κ1) is 16.1. The van der Waals surface area contributed by atoms with E-state index in [2.05, 4.69) is 41.0 Å². The number of benzene rings is 2. The van der Waals surface area contributed by atoms with Gasteiger partial charge in [0.25, 0.3) is 0 Å². The van der Waals surface area contributed by atoms with Crippen LogP contribution in [-0.2, 0) is 17.8 Å². The van der Waals surface area contributed by atoms with Crippen LogP contribution in [0.4, 0.5) is 11.4 Å². The number of hydrogen-bond acceptors (Lipinski definition) is 5. The zero-order chi connectivity index (χ0) is 17.1. The van der Waals surface area contributed by atoms with Crippen molar-refractivity contribution in [1.82, 2.24) is 5.32 Å². The molecule has 2 aromatic carbocycles. The zero-order valence-electron chi connectivity index (χ0n) is 14.3. The molecule has 1 fully saturated rings. The van der Waals surface area contributed by atoms with Crippen LogP contribution in [0.5, 0.6) is 0 Å². The van der Waals surface area contributed by atoms with Crippen molar-refractivity contribution in [3.05, 3.63) is 59.7 Å². The van der Waals surface area contributed by atoms with Crippen molar-refractivity contribution in [3.63, 3.8) is 0 Å². The molecular formula is C20H24N4O. The van der Waals surface area contributed by atoms with E-state index in [9.17, 15) is 0 Å². The topological polar surface area (TPSA) is 71.7 Å². The van der Waals surface area contributed by atoms with E-state index in [4.69, 9.17) is 15.5 Å². The minimum Gasteiger partial charge on any atom is -0.381 e. The molecule has 0 amide bonds. The third-order valence-corrected chi connectivity index (χ3v) is 5.03. The molecule has 2 aliphatic heterocycles. The summed E-state index contributed by atoms with van der Waals surface area (Å²) in [5, 5.41) is 7.30. The molecule has 0 saturated carbocycles. The predicted molar refractivity (Wildman–Crippen MR) is 101 cm³/mol. The highest BCUT2D eigenvalue weighted by Gasteiger charge is 2.40. The van der Waals surface area contributed by atoms with Gasteiger partial charge in [0.05, 0.1) is 16.9 Å². The number of anilines is 1. The monoisotopic (exact) mass is 336 g/mol. The minimum absolute atomic E-state index is 0.163. The average molecular weight is 336 g/mol. The quantitative estimate of drug-likeness (QED) is 0.806. The largest absolute Gasteiger partial charge is 0.381 e. The summed E-state index contributed by atoms with van der Waals surface area (Å²) in [6.45, 7) is 2.82. The van der Waals surface area contributed by atoms with Crippen LogP contribution in [0, 0.1) is 0 Å². The van der Waals surface area contributed by atoms with Gasteiger partial charge in [0.15, 0.2) is 0 Å². The number of amidine groups is 1. The van der Waals surface area contributed by atoms with Gasteiger partial charge < -0.3 is 21.1 Å². The van der Waals surface area contributed by atoms with Crippen LogP contribution in [0.25, 0.3) is 0 Å². The summed E-state index contributed by atoms with van der Waals surface area (Å²) >= 11 is 0. The number of aliphatic imine (C=N–C) groups is 1. The van der Waals surface area contributed by atoms with Crippen LogP contribution in [0.15, 0.2) is 53.5 Å². The van der Waals surface area contributed by atoms with Gasteiger partial charge in [-0.1, -0.05) is 36.4 Å². The average Bonchev–Trinajstić information content (AvgIpc) is 2.67. The smallest absolute Gasteiger partial charge is 0.129 e. The van der Waals surface area contributed by atoms with E-state index >= 15 is 0 Å². The van der Waals surface area contributed by atoms with Crippen molar-refractivity contribution in [2.24, 2.45) is 10.7 Å². The maximum atomic E-state index is 5.67. The highest BCUT2D eigenvalue weighted by Crippen LogP contribution is 2.37. The lowest BCUT2D eigenvalue weighted by molar-refractivity contribution is 0.0771. The highest BCUT2D eigenvalue weighted by atomic mass is 16.5. The second kappa shape index (κ2) is 6.86. The van der Waals surface area contributed by atoms with E-state index in [0.717, 1.165) is 55.4 Å². The maximum Gasteiger partial charge on any atom is 0.129 e. The number of para-hydroxylation sites is 2. The van der Waals surface area contributed by atoms with E-state index in [1.165, 1.54) is 5.56 Å². The van der Waals surface area contributed by atoms with Gasteiger partial charge in [-0.15, -0.1) is 0 Å². The van der Waals surface area contributed by atoms with Gasteiger partial charge in [0.2, 0.25) is 0 Å². The van der Waals surface area contributed by atoms with Crippen molar-refractivity contribution in [2.75, 3.05) is 18.5 Å². The van der Waals surface area contributed by atoms with Gasteiger partial charge >= 0.3 is 0 Å². The molecule has 4 rings (SSSR count). The second-order valence-corrected chi connectivity index (χ2v) is 6.67. The molecule has 2 heterocycles. The van der Waals surface area contributed by atoms with E-state index in [-0.39, 0.29) is 5.54 Å². The van der Waals surface area contributed by atoms with Crippen molar-refractivity contribution < 1.29 is 4.74 Å². The Morgan fingerprint density at radius 3 is 2.52 bits per heavy atom. The molecule has 1 spiro atoms. The molecule has 0 atom stereocenters. The lowest BCUT2D eigenvalue weighted by Crippen LogP contribution is -2.56. The number of nitrogens with one attached hydrogen (secondary N) is 2. The van der Waals surface area contributed by atoms with Crippen LogP contribution < -0.4 is 16.4 Å². The summed E-state index contributed by atoms with van der Waals surface area (Å²) in [5.74, 6) is 1.01. The van der Waals surface area contributed by atoms with Gasteiger partial charge in [0, 0.05) is 39.1 Å². The SMILES string of the molecule is NCc1ccc(CNC2=Nc3ccccc3NC23CCOCC3)cc1. The number of nitrogens with zero attached hydrogens (tertiary/aromatic N) is 1. The van der Waals surface area contributed by atoms with Gasteiger partial charge in [-0.2, -0.15) is 0 Å². The van der Waals surface area contributed by atoms with Crippen LogP contribution in [0.1, 0.15) is 24.0 Å². The Morgan fingerprint density at radius 2 is 1.76 bits per heavy atom.